The largest absolute Gasteiger partial charge is 0.324 e. The van der Waals surface area contributed by atoms with Crippen molar-refractivity contribution in [2.45, 2.75) is 47.1 Å². The van der Waals surface area contributed by atoms with Gasteiger partial charge in [0.05, 0.1) is 0 Å². The molecule has 2 N–H and O–H groups in total. The number of aryl methyl sites for hydroxylation is 1. The van der Waals surface area contributed by atoms with E-state index < -0.39 is 0 Å². The third kappa shape index (κ3) is 4.01. The molecule has 2 atom stereocenters. The molecule has 0 spiro atoms. The van der Waals surface area contributed by atoms with Gasteiger partial charge in [-0.3, -0.25) is 0 Å². The lowest BCUT2D eigenvalue weighted by molar-refractivity contribution is 0.234. The van der Waals surface area contributed by atoms with Crippen molar-refractivity contribution in [2.24, 2.45) is 17.1 Å². The molecule has 0 aliphatic heterocycles. The molecule has 2 heteroatoms. The van der Waals surface area contributed by atoms with Crippen molar-refractivity contribution >= 4 is 11.6 Å². The summed E-state index contributed by atoms with van der Waals surface area (Å²) in [6, 6.07) is 6.19. The van der Waals surface area contributed by atoms with Gasteiger partial charge in [-0.1, -0.05) is 51.4 Å². The highest BCUT2D eigenvalue weighted by Crippen LogP contribution is 2.33. The van der Waals surface area contributed by atoms with E-state index in [4.69, 9.17) is 17.3 Å². The van der Waals surface area contributed by atoms with Crippen LogP contribution < -0.4 is 5.73 Å². The van der Waals surface area contributed by atoms with Crippen LogP contribution in [0.4, 0.5) is 0 Å². The number of nitrogens with two attached hydrogens (primary N) is 1. The van der Waals surface area contributed by atoms with Crippen LogP contribution in [0.15, 0.2) is 18.2 Å². The summed E-state index contributed by atoms with van der Waals surface area (Å²) >= 11 is 6.13. The Balaban J connectivity index is 2.76. The lowest BCUT2D eigenvalue weighted by Crippen LogP contribution is -2.23. The van der Waals surface area contributed by atoms with E-state index in [9.17, 15) is 0 Å². The third-order valence-corrected chi connectivity index (χ3v) is 4.12. The first-order valence-corrected chi connectivity index (χ1v) is 6.61. The molecular weight excluding hydrogens is 230 g/mol. The minimum atomic E-state index is 0.0716. The minimum Gasteiger partial charge on any atom is -0.324 e. The van der Waals surface area contributed by atoms with E-state index in [1.54, 1.807) is 0 Å². The Morgan fingerprint density at radius 1 is 1.29 bits per heavy atom. The van der Waals surface area contributed by atoms with Crippen LogP contribution in [0.5, 0.6) is 0 Å². The molecule has 1 rings (SSSR count). The summed E-state index contributed by atoms with van der Waals surface area (Å²) in [5.41, 5.74) is 8.79. The van der Waals surface area contributed by atoms with Gasteiger partial charge in [0.25, 0.3) is 0 Å². The van der Waals surface area contributed by atoms with Crippen LogP contribution in [0, 0.1) is 18.3 Å². The minimum absolute atomic E-state index is 0.0716. The number of hydrogen-bond donors (Lipinski definition) is 1. The fourth-order valence-corrected chi connectivity index (χ4v) is 1.90. The monoisotopic (exact) mass is 253 g/mol. The van der Waals surface area contributed by atoms with E-state index in [0.29, 0.717) is 11.3 Å². The van der Waals surface area contributed by atoms with Crippen LogP contribution in [0.25, 0.3) is 0 Å². The maximum atomic E-state index is 6.25. The lowest BCUT2D eigenvalue weighted by Gasteiger charge is -2.29. The van der Waals surface area contributed by atoms with E-state index >= 15 is 0 Å². The Bertz CT molecular complexity index is 379. The van der Waals surface area contributed by atoms with Crippen molar-refractivity contribution in [1.82, 2.24) is 0 Å². The molecule has 0 amide bonds. The van der Waals surface area contributed by atoms with E-state index in [-0.39, 0.29) is 6.04 Å². The maximum absolute atomic E-state index is 6.25. The van der Waals surface area contributed by atoms with E-state index in [0.717, 1.165) is 22.6 Å². The van der Waals surface area contributed by atoms with Crippen LogP contribution in [0.3, 0.4) is 0 Å². The molecule has 0 bridgehead atoms. The molecule has 0 fully saturated rings. The normalized spacial score (nSPS) is 15.7. The van der Waals surface area contributed by atoms with Gasteiger partial charge in [-0.25, -0.2) is 0 Å². The first kappa shape index (κ1) is 14.5. The molecule has 1 nitrogen and oxygen atoms in total. The summed E-state index contributed by atoms with van der Waals surface area (Å²) in [5, 5.41) is 0.807. The Morgan fingerprint density at radius 3 is 2.35 bits per heavy atom. The van der Waals surface area contributed by atoms with Crippen LogP contribution in [0.1, 0.15) is 51.3 Å². The predicted molar refractivity (Wildman–Crippen MR) is 76.4 cm³/mol. The Morgan fingerprint density at radius 2 is 1.88 bits per heavy atom. The van der Waals surface area contributed by atoms with E-state index in [1.165, 1.54) is 0 Å². The number of hydrogen-bond acceptors (Lipinski definition) is 1. The van der Waals surface area contributed by atoms with Gasteiger partial charge in [0.1, 0.15) is 0 Å². The van der Waals surface area contributed by atoms with Gasteiger partial charge in [0, 0.05) is 11.1 Å². The summed E-state index contributed by atoms with van der Waals surface area (Å²) in [5.74, 6) is 0.581. The molecular formula is C15H24ClN. The van der Waals surface area contributed by atoms with Gasteiger partial charge in [-0.05, 0) is 41.9 Å². The highest BCUT2D eigenvalue weighted by Gasteiger charge is 2.22. The summed E-state index contributed by atoms with van der Waals surface area (Å²) in [6.07, 6.45) is 0.989. The zero-order chi connectivity index (χ0) is 13.2. The van der Waals surface area contributed by atoms with Gasteiger partial charge in [-0.2, -0.15) is 0 Å². The van der Waals surface area contributed by atoms with Gasteiger partial charge >= 0.3 is 0 Å². The standard InChI is InChI=1S/C15H24ClN/c1-10-6-7-12(9-13(10)16)14(17)8-11(2)15(3,4)5/h6-7,9,11,14H,8,17H2,1-5H3. The highest BCUT2D eigenvalue weighted by molar-refractivity contribution is 6.31. The summed E-state index contributed by atoms with van der Waals surface area (Å²) in [7, 11) is 0. The Labute approximate surface area is 110 Å². The number of benzene rings is 1. The lowest BCUT2D eigenvalue weighted by atomic mass is 9.78. The average Bonchev–Trinajstić information content (AvgIpc) is 2.20. The average molecular weight is 254 g/mol. The molecule has 0 aliphatic rings. The van der Waals surface area contributed by atoms with Crippen molar-refractivity contribution < 1.29 is 0 Å². The SMILES string of the molecule is Cc1ccc(C(N)CC(C)C(C)(C)C)cc1Cl. The molecule has 0 aromatic heterocycles. The maximum Gasteiger partial charge on any atom is 0.0438 e. The zero-order valence-corrected chi connectivity index (χ0v) is 12.3. The van der Waals surface area contributed by atoms with Crippen molar-refractivity contribution in [3.05, 3.63) is 34.3 Å². The third-order valence-electron chi connectivity index (χ3n) is 3.71. The second-order valence-electron chi connectivity index (χ2n) is 6.12. The molecule has 0 aliphatic carbocycles. The number of halogens is 1. The summed E-state index contributed by atoms with van der Waals surface area (Å²) in [4.78, 5) is 0. The first-order valence-electron chi connectivity index (χ1n) is 6.23. The second kappa shape index (κ2) is 5.41. The topological polar surface area (TPSA) is 26.0 Å². The van der Waals surface area contributed by atoms with Crippen LogP contribution in [0.2, 0.25) is 5.02 Å². The smallest absolute Gasteiger partial charge is 0.0438 e. The molecule has 96 valence electrons. The quantitative estimate of drug-likeness (QED) is 0.829. The van der Waals surface area contributed by atoms with Crippen molar-refractivity contribution in [2.75, 3.05) is 0 Å². The number of rotatable bonds is 3. The van der Waals surface area contributed by atoms with Crippen molar-refractivity contribution in [3.63, 3.8) is 0 Å². The molecule has 0 radical (unpaired) electrons. The molecule has 17 heavy (non-hydrogen) atoms. The van der Waals surface area contributed by atoms with E-state index in [1.807, 2.05) is 19.1 Å². The fourth-order valence-electron chi connectivity index (χ4n) is 1.71. The van der Waals surface area contributed by atoms with Crippen molar-refractivity contribution in [3.8, 4) is 0 Å². The van der Waals surface area contributed by atoms with E-state index in [2.05, 4.69) is 33.8 Å². The molecule has 0 heterocycles. The van der Waals surface area contributed by atoms with Gasteiger partial charge < -0.3 is 5.73 Å². The Hall–Kier alpha value is -0.530. The zero-order valence-electron chi connectivity index (χ0n) is 11.5. The van der Waals surface area contributed by atoms with Crippen LogP contribution >= 0.6 is 11.6 Å². The van der Waals surface area contributed by atoms with Crippen LogP contribution in [-0.2, 0) is 0 Å². The molecule has 1 aromatic rings. The molecule has 2 unspecified atom stereocenters. The first-order chi connectivity index (χ1) is 7.71. The molecule has 1 aromatic carbocycles. The summed E-state index contributed by atoms with van der Waals surface area (Å²) < 4.78 is 0. The van der Waals surface area contributed by atoms with Gasteiger partial charge in [-0.15, -0.1) is 0 Å². The molecule has 0 saturated carbocycles. The highest BCUT2D eigenvalue weighted by atomic mass is 35.5. The second-order valence-corrected chi connectivity index (χ2v) is 6.53. The Kier molecular flexibility index (Phi) is 4.62. The molecule has 0 saturated heterocycles. The van der Waals surface area contributed by atoms with Gasteiger partial charge in [0.2, 0.25) is 0 Å². The predicted octanol–water partition coefficient (Wildman–Crippen LogP) is 4.72. The fraction of sp³-hybridized carbons (Fsp3) is 0.600. The van der Waals surface area contributed by atoms with Crippen molar-refractivity contribution in [1.29, 1.82) is 0 Å². The summed E-state index contributed by atoms with van der Waals surface area (Å²) in [6.45, 7) is 11.0. The van der Waals surface area contributed by atoms with Gasteiger partial charge in [0.15, 0.2) is 0 Å². The van der Waals surface area contributed by atoms with Crippen LogP contribution in [-0.4, -0.2) is 0 Å².